The first kappa shape index (κ1) is 25.2. The summed E-state index contributed by atoms with van der Waals surface area (Å²) in [5.74, 6) is 0. The smallest absolute Gasteiger partial charge is 0.259 e. The summed E-state index contributed by atoms with van der Waals surface area (Å²) in [6.07, 6.45) is 2.78. The molecule has 25 heavy (non-hydrogen) atoms. The SMILES string of the molecule is [B]C(O[C@H](CC)COP(OCC[N+]#[C-])N(C(C)C)C(C)C)C(C)SC. The molecule has 0 spiro atoms. The highest BCUT2D eigenvalue weighted by Crippen LogP contribution is 2.46. The molecule has 144 valence electrons. The number of nitrogens with zero attached hydrogens (tertiary/aromatic N) is 2. The summed E-state index contributed by atoms with van der Waals surface area (Å²) < 4.78 is 20.2. The van der Waals surface area contributed by atoms with E-state index < -0.39 is 8.53 Å². The van der Waals surface area contributed by atoms with E-state index in [1.54, 1.807) is 11.8 Å². The third-order valence-electron chi connectivity index (χ3n) is 3.66. The summed E-state index contributed by atoms with van der Waals surface area (Å²) in [4.78, 5) is 3.35. The normalized spacial score (nSPS) is 16.8. The van der Waals surface area contributed by atoms with E-state index in [0.29, 0.717) is 31.8 Å². The molecule has 4 atom stereocenters. The lowest BCUT2D eigenvalue weighted by molar-refractivity contribution is -0.00319. The fourth-order valence-electron chi connectivity index (χ4n) is 2.18. The van der Waals surface area contributed by atoms with Crippen molar-refractivity contribution >= 4 is 28.1 Å². The monoisotopic (exact) mass is 388 g/mol. The molecule has 0 heterocycles. The van der Waals surface area contributed by atoms with Crippen molar-refractivity contribution in [2.24, 2.45) is 0 Å². The van der Waals surface area contributed by atoms with Gasteiger partial charge in [0, 0.05) is 23.3 Å². The average molecular weight is 388 g/mol. The fourth-order valence-corrected chi connectivity index (χ4v) is 4.14. The van der Waals surface area contributed by atoms with Crippen LogP contribution in [0.4, 0.5) is 0 Å². The van der Waals surface area contributed by atoms with E-state index in [2.05, 4.69) is 51.1 Å². The van der Waals surface area contributed by atoms with Crippen LogP contribution in [0.5, 0.6) is 0 Å². The topological polar surface area (TPSA) is 35.3 Å². The molecule has 0 aliphatic carbocycles. The van der Waals surface area contributed by atoms with Gasteiger partial charge in [-0.05, 0) is 40.4 Å². The van der Waals surface area contributed by atoms with Gasteiger partial charge in [0.2, 0.25) is 6.54 Å². The van der Waals surface area contributed by atoms with Crippen molar-refractivity contribution in [3.63, 3.8) is 0 Å². The standard InChI is InChI=1S/C17H34BN2O3PS/c1-9-16(23-17(18)15(6)25-8)12-22-24(21-11-10-19-7)20(13(2)3)14(4)5/h13-17H,9-12H2,1-6,8H3/t15?,16-,17?,24?/m1/s1. The Balaban J connectivity index is 4.83. The predicted octanol–water partition coefficient (Wildman–Crippen LogP) is 4.33. The van der Waals surface area contributed by atoms with Crippen LogP contribution >= 0.6 is 20.3 Å². The minimum absolute atomic E-state index is 0.0692. The zero-order valence-corrected chi connectivity index (χ0v) is 18.5. The second-order valence-electron chi connectivity index (χ2n) is 6.39. The van der Waals surface area contributed by atoms with E-state index in [9.17, 15) is 0 Å². The van der Waals surface area contributed by atoms with E-state index in [0.717, 1.165) is 6.42 Å². The van der Waals surface area contributed by atoms with Gasteiger partial charge in [0.25, 0.3) is 8.53 Å². The third-order valence-corrected chi connectivity index (χ3v) is 6.75. The Bertz CT molecular complexity index is 377. The number of thioether (sulfide) groups is 1. The van der Waals surface area contributed by atoms with Gasteiger partial charge in [-0.2, -0.15) is 11.8 Å². The summed E-state index contributed by atoms with van der Waals surface area (Å²) in [5.41, 5.74) is 0. The van der Waals surface area contributed by atoms with Crippen LogP contribution in [0.1, 0.15) is 48.0 Å². The minimum Gasteiger partial charge on any atom is -0.381 e. The zero-order valence-electron chi connectivity index (χ0n) is 16.8. The number of hydrogen-bond acceptors (Lipinski definition) is 5. The van der Waals surface area contributed by atoms with Crippen LogP contribution in [-0.4, -0.2) is 68.0 Å². The van der Waals surface area contributed by atoms with Gasteiger partial charge >= 0.3 is 0 Å². The van der Waals surface area contributed by atoms with Gasteiger partial charge in [0.05, 0.1) is 12.7 Å². The van der Waals surface area contributed by atoms with E-state index in [1.807, 2.05) is 6.26 Å². The number of ether oxygens (including phenoxy) is 1. The summed E-state index contributed by atoms with van der Waals surface area (Å²) in [6.45, 7) is 20.7. The molecule has 5 nitrogen and oxygen atoms in total. The maximum Gasteiger partial charge on any atom is 0.259 e. The van der Waals surface area contributed by atoms with Gasteiger partial charge in [0.15, 0.2) is 0 Å². The van der Waals surface area contributed by atoms with Crippen molar-refractivity contribution in [3.05, 3.63) is 11.4 Å². The molecule has 0 fully saturated rings. The number of rotatable bonds is 14. The second kappa shape index (κ2) is 14.3. The largest absolute Gasteiger partial charge is 0.381 e. The summed E-state index contributed by atoms with van der Waals surface area (Å²) >= 11 is 1.69. The van der Waals surface area contributed by atoms with Crippen molar-refractivity contribution < 1.29 is 13.8 Å². The molecular weight excluding hydrogens is 354 g/mol. The maximum absolute atomic E-state index is 6.92. The third kappa shape index (κ3) is 10.2. The Hall–Kier alpha value is 0.175. The molecular formula is C17H34BN2O3PS. The van der Waals surface area contributed by atoms with Crippen LogP contribution in [0.25, 0.3) is 4.85 Å². The van der Waals surface area contributed by atoms with Gasteiger partial charge in [-0.3, -0.25) is 0 Å². The Labute approximate surface area is 161 Å². The number of hydrogen-bond donors (Lipinski definition) is 0. The molecule has 0 amide bonds. The van der Waals surface area contributed by atoms with Crippen LogP contribution < -0.4 is 0 Å². The molecule has 0 saturated carbocycles. The summed E-state index contributed by atoms with van der Waals surface area (Å²) in [6, 6.07) is 0.266. The van der Waals surface area contributed by atoms with Crippen molar-refractivity contribution in [1.29, 1.82) is 0 Å². The van der Waals surface area contributed by atoms with Crippen LogP contribution in [-0.2, 0) is 13.8 Å². The highest BCUT2D eigenvalue weighted by molar-refractivity contribution is 7.99. The zero-order chi connectivity index (χ0) is 19.4. The van der Waals surface area contributed by atoms with Crippen LogP contribution in [0, 0.1) is 6.57 Å². The van der Waals surface area contributed by atoms with Gasteiger partial charge in [-0.25, -0.2) is 11.2 Å². The minimum atomic E-state index is -1.23. The van der Waals surface area contributed by atoms with Crippen molar-refractivity contribution in [2.75, 3.05) is 26.0 Å². The van der Waals surface area contributed by atoms with Crippen LogP contribution in [0.2, 0.25) is 0 Å². The molecule has 0 saturated heterocycles. The highest BCUT2D eigenvalue weighted by atomic mass is 32.2. The Morgan fingerprint density at radius 3 is 2.20 bits per heavy atom. The lowest BCUT2D eigenvalue weighted by atomic mass is 9.97. The molecule has 0 aliphatic heterocycles. The van der Waals surface area contributed by atoms with E-state index in [4.69, 9.17) is 28.2 Å². The summed E-state index contributed by atoms with van der Waals surface area (Å²) in [7, 11) is 4.86. The molecule has 0 N–H and O–H groups in total. The Morgan fingerprint density at radius 1 is 1.16 bits per heavy atom. The quantitative estimate of drug-likeness (QED) is 0.192. The van der Waals surface area contributed by atoms with E-state index in [1.165, 1.54) is 0 Å². The summed E-state index contributed by atoms with van der Waals surface area (Å²) in [5, 5.41) is 0.230. The van der Waals surface area contributed by atoms with E-state index in [-0.39, 0.29) is 17.4 Å². The van der Waals surface area contributed by atoms with Crippen molar-refractivity contribution in [1.82, 2.24) is 4.67 Å². The van der Waals surface area contributed by atoms with Crippen LogP contribution in [0.3, 0.4) is 0 Å². The van der Waals surface area contributed by atoms with Gasteiger partial charge in [0.1, 0.15) is 14.5 Å². The molecule has 0 aromatic heterocycles. The Kier molecular flexibility index (Phi) is 14.4. The molecule has 0 aromatic rings. The highest BCUT2D eigenvalue weighted by Gasteiger charge is 2.28. The first-order valence-corrected chi connectivity index (χ1v) is 11.3. The molecule has 0 aliphatic rings. The Morgan fingerprint density at radius 2 is 1.76 bits per heavy atom. The molecule has 3 unspecified atom stereocenters. The molecule has 8 heteroatoms. The maximum atomic E-state index is 6.92. The van der Waals surface area contributed by atoms with Gasteiger partial charge < -0.3 is 18.6 Å². The van der Waals surface area contributed by atoms with Crippen LogP contribution in [0.15, 0.2) is 0 Å². The first-order chi connectivity index (χ1) is 11.8. The lowest BCUT2D eigenvalue weighted by Gasteiger charge is -2.36. The lowest BCUT2D eigenvalue weighted by Crippen LogP contribution is -2.35. The molecule has 0 aromatic carbocycles. The van der Waals surface area contributed by atoms with E-state index >= 15 is 0 Å². The van der Waals surface area contributed by atoms with Crippen molar-refractivity contribution in [2.45, 2.75) is 77.4 Å². The fraction of sp³-hybridized carbons (Fsp3) is 0.941. The molecule has 0 rings (SSSR count). The first-order valence-electron chi connectivity index (χ1n) is 8.89. The van der Waals surface area contributed by atoms with Gasteiger partial charge in [-0.1, -0.05) is 13.8 Å². The second-order valence-corrected chi connectivity index (χ2v) is 9.06. The van der Waals surface area contributed by atoms with Gasteiger partial charge in [-0.15, -0.1) is 0 Å². The molecule has 0 bridgehead atoms. The predicted molar refractivity (Wildman–Crippen MR) is 110 cm³/mol. The molecule has 2 radical (unpaired) electrons. The average Bonchev–Trinajstić information content (AvgIpc) is 2.56. The van der Waals surface area contributed by atoms with Crippen molar-refractivity contribution in [3.8, 4) is 0 Å².